The summed E-state index contributed by atoms with van der Waals surface area (Å²) in [6, 6.07) is 9.77. The van der Waals surface area contributed by atoms with Gasteiger partial charge in [0.2, 0.25) is 10.0 Å². The van der Waals surface area contributed by atoms with Crippen molar-refractivity contribution in [2.75, 3.05) is 26.3 Å². The highest BCUT2D eigenvalue weighted by Crippen LogP contribution is 2.35. The second-order valence-corrected chi connectivity index (χ2v) is 10.4. The molecule has 10 heteroatoms. The van der Waals surface area contributed by atoms with Crippen LogP contribution in [0.4, 0.5) is 0 Å². The fraction of sp³-hybridized carbons (Fsp3) is 0.333. The molecule has 0 saturated carbocycles. The fourth-order valence-electron chi connectivity index (χ4n) is 3.77. The van der Waals surface area contributed by atoms with E-state index < -0.39 is 15.9 Å². The van der Waals surface area contributed by atoms with Gasteiger partial charge in [0.15, 0.2) is 16.3 Å². The molecule has 3 heterocycles. The molecule has 0 radical (unpaired) electrons. The molecule has 8 nitrogen and oxygen atoms in total. The zero-order valence-electron chi connectivity index (χ0n) is 16.9. The van der Waals surface area contributed by atoms with E-state index >= 15 is 0 Å². The monoisotopic (exact) mass is 459 g/mol. The van der Waals surface area contributed by atoms with Gasteiger partial charge in [0, 0.05) is 37.8 Å². The van der Waals surface area contributed by atoms with Crippen LogP contribution in [0.1, 0.15) is 23.2 Å². The molecule has 0 aliphatic carbocycles. The predicted octanol–water partition coefficient (Wildman–Crippen LogP) is 2.54. The number of aromatic nitrogens is 1. The number of ether oxygens (including phenoxy) is 2. The number of carbonyl (C=O) groups excluding carboxylic acids is 1. The molecule has 0 bridgehead atoms. The van der Waals surface area contributed by atoms with E-state index in [0.29, 0.717) is 48.2 Å². The van der Waals surface area contributed by atoms with Crippen molar-refractivity contribution in [1.82, 2.24) is 8.87 Å². The van der Waals surface area contributed by atoms with Crippen molar-refractivity contribution >= 4 is 37.5 Å². The van der Waals surface area contributed by atoms with E-state index in [4.69, 9.17) is 9.47 Å². The highest BCUT2D eigenvalue weighted by Gasteiger charge is 2.27. The van der Waals surface area contributed by atoms with Gasteiger partial charge in [-0.3, -0.25) is 4.79 Å². The van der Waals surface area contributed by atoms with Gasteiger partial charge in [-0.25, -0.2) is 8.42 Å². The van der Waals surface area contributed by atoms with Gasteiger partial charge in [-0.1, -0.05) is 11.3 Å². The lowest BCUT2D eigenvalue weighted by atomic mass is 10.2. The van der Waals surface area contributed by atoms with Crippen LogP contribution in [0.15, 0.2) is 46.3 Å². The number of amides is 1. The van der Waals surface area contributed by atoms with Gasteiger partial charge in [0.05, 0.1) is 15.1 Å². The Morgan fingerprint density at radius 1 is 1.03 bits per heavy atom. The van der Waals surface area contributed by atoms with Crippen LogP contribution in [-0.2, 0) is 17.1 Å². The molecule has 3 aromatic rings. The number of aryl methyl sites for hydroxylation is 1. The standard InChI is InChI=1S/C21H21N3O5S2/c1-23-16-12-17-18(29-11-10-28-17)13-19(16)30-21(23)22-20(25)14-4-6-15(7-5-14)31(26,27)24-8-2-3-9-24/h4-7,12-13H,2-3,8-11H2,1H3. The van der Waals surface area contributed by atoms with Crippen molar-refractivity contribution in [3.05, 3.63) is 46.8 Å². The first-order valence-electron chi connectivity index (χ1n) is 10.0. The van der Waals surface area contributed by atoms with Gasteiger partial charge >= 0.3 is 0 Å². The number of hydrogen-bond donors (Lipinski definition) is 0. The van der Waals surface area contributed by atoms with Crippen molar-refractivity contribution in [1.29, 1.82) is 0 Å². The summed E-state index contributed by atoms with van der Waals surface area (Å²) in [6.45, 7) is 2.10. The van der Waals surface area contributed by atoms with E-state index in [-0.39, 0.29) is 4.90 Å². The molecular formula is C21H21N3O5S2. The smallest absolute Gasteiger partial charge is 0.279 e. The Kier molecular flexibility index (Phi) is 5.07. The lowest BCUT2D eigenvalue weighted by Gasteiger charge is -2.18. The van der Waals surface area contributed by atoms with Gasteiger partial charge in [-0.05, 0) is 37.1 Å². The molecule has 0 N–H and O–H groups in total. The van der Waals surface area contributed by atoms with E-state index in [1.165, 1.54) is 39.9 Å². The molecule has 31 heavy (non-hydrogen) atoms. The Morgan fingerprint density at radius 2 is 1.68 bits per heavy atom. The summed E-state index contributed by atoms with van der Waals surface area (Å²) in [7, 11) is -1.67. The van der Waals surface area contributed by atoms with E-state index in [1.807, 2.05) is 23.7 Å². The summed E-state index contributed by atoms with van der Waals surface area (Å²) in [5.41, 5.74) is 1.23. The highest BCUT2D eigenvalue weighted by atomic mass is 32.2. The maximum absolute atomic E-state index is 12.7. The van der Waals surface area contributed by atoms with Crippen LogP contribution in [0.25, 0.3) is 10.2 Å². The number of carbonyl (C=O) groups is 1. The molecule has 1 aromatic heterocycles. The average molecular weight is 460 g/mol. The number of hydrogen-bond acceptors (Lipinski definition) is 6. The summed E-state index contributed by atoms with van der Waals surface area (Å²) >= 11 is 1.38. The van der Waals surface area contributed by atoms with Crippen molar-refractivity contribution < 1.29 is 22.7 Å². The third kappa shape index (κ3) is 3.64. The molecule has 0 unspecified atom stereocenters. The molecule has 1 amide bonds. The number of sulfonamides is 1. The second-order valence-electron chi connectivity index (χ2n) is 7.46. The van der Waals surface area contributed by atoms with E-state index in [9.17, 15) is 13.2 Å². The van der Waals surface area contributed by atoms with Crippen LogP contribution in [0.2, 0.25) is 0 Å². The second kappa shape index (κ2) is 7.77. The molecule has 162 valence electrons. The van der Waals surface area contributed by atoms with Crippen molar-refractivity contribution in [3.63, 3.8) is 0 Å². The topological polar surface area (TPSA) is 90.2 Å². The van der Waals surface area contributed by atoms with Crippen LogP contribution in [0, 0.1) is 0 Å². The summed E-state index contributed by atoms with van der Waals surface area (Å²) in [6.07, 6.45) is 1.75. The molecule has 5 rings (SSSR count). The normalized spacial score (nSPS) is 17.4. The molecule has 0 atom stereocenters. The lowest BCUT2D eigenvalue weighted by Crippen LogP contribution is -2.27. The summed E-state index contributed by atoms with van der Waals surface area (Å²) < 4.78 is 40.8. The zero-order chi connectivity index (χ0) is 21.6. The Morgan fingerprint density at radius 3 is 2.35 bits per heavy atom. The molecule has 2 aliphatic rings. The van der Waals surface area contributed by atoms with Gasteiger partial charge < -0.3 is 14.0 Å². The SMILES string of the molecule is Cn1c(=NC(=O)c2ccc(S(=O)(=O)N3CCCC3)cc2)sc2cc3c(cc21)OCCO3. The van der Waals surface area contributed by atoms with Crippen LogP contribution in [0.3, 0.4) is 0 Å². The molecule has 2 aromatic carbocycles. The molecule has 0 spiro atoms. The minimum absolute atomic E-state index is 0.198. The predicted molar refractivity (Wildman–Crippen MR) is 116 cm³/mol. The zero-order valence-corrected chi connectivity index (χ0v) is 18.5. The van der Waals surface area contributed by atoms with Gasteiger partial charge in [-0.2, -0.15) is 9.30 Å². The molecular weight excluding hydrogens is 438 g/mol. The summed E-state index contributed by atoms with van der Waals surface area (Å²) in [5.74, 6) is 0.942. The Bertz CT molecular complexity index is 1330. The number of benzene rings is 2. The Labute approximate surface area is 183 Å². The average Bonchev–Trinajstić information content (AvgIpc) is 3.42. The van der Waals surface area contributed by atoms with Crippen molar-refractivity contribution in [2.24, 2.45) is 12.0 Å². The van der Waals surface area contributed by atoms with Gasteiger partial charge in [0.25, 0.3) is 5.91 Å². The quantitative estimate of drug-likeness (QED) is 0.600. The molecule has 2 aliphatic heterocycles. The van der Waals surface area contributed by atoms with Crippen molar-refractivity contribution in [3.8, 4) is 11.5 Å². The third-order valence-electron chi connectivity index (χ3n) is 5.47. The first kappa shape index (κ1) is 20.2. The lowest BCUT2D eigenvalue weighted by molar-refractivity contribution is 0.0998. The van der Waals surface area contributed by atoms with E-state index in [2.05, 4.69) is 4.99 Å². The number of fused-ring (bicyclic) bond motifs is 2. The number of thiazole rings is 1. The van der Waals surface area contributed by atoms with Crippen LogP contribution in [0.5, 0.6) is 11.5 Å². The van der Waals surface area contributed by atoms with Crippen molar-refractivity contribution in [2.45, 2.75) is 17.7 Å². The van der Waals surface area contributed by atoms with Crippen LogP contribution < -0.4 is 14.3 Å². The number of nitrogens with zero attached hydrogens (tertiary/aromatic N) is 3. The fourth-order valence-corrected chi connectivity index (χ4v) is 6.31. The van der Waals surface area contributed by atoms with E-state index in [1.54, 1.807) is 0 Å². The molecule has 1 saturated heterocycles. The maximum atomic E-state index is 12.7. The Hall–Kier alpha value is -2.69. The first-order chi connectivity index (χ1) is 14.9. The van der Waals surface area contributed by atoms with E-state index in [0.717, 1.165) is 23.1 Å². The van der Waals surface area contributed by atoms with Gasteiger partial charge in [-0.15, -0.1) is 0 Å². The minimum Gasteiger partial charge on any atom is -0.486 e. The maximum Gasteiger partial charge on any atom is 0.279 e. The molecule has 1 fully saturated rings. The minimum atomic E-state index is -3.51. The first-order valence-corrected chi connectivity index (χ1v) is 12.3. The highest BCUT2D eigenvalue weighted by molar-refractivity contribution is 7.89. The third-order valence-corrected chi connectivity index (χ3v) is 8.48. The summed E-state index contributed by atoms with van der Waals surface area (Å²) in [5, 5.41) is 0. The number of rotatable bonds is 3. The van der Waals surface area contributed by atoms with Crippen LogP contribution in [-0.4, -0.2) is 49.5 Å². The largest absolute Gasteiger partial charge is 0.486 e. The van der Waals surface area contributed by atoms with Gasteiger partial charge in [0.1, 0.15) is 13.2 Å². The summed E-state index contributed by atoms with van der Waals surface area (Å²) in [4.78, 5) is 17.7. The van der Waals surface area contributed by atoms with Crippen LogP contribution >= 0.6 is 11.3 Å². The Balaban J connectivity index is 1.45.